The fraction of sp³-hybridized carbons (Fsp3) is 0.875. The van der Waals surface area contributed by atoms with Crippen LogP contribution in [-0.4, -0.2) is 56.8 Å². The maximum Gasteiger partial charge on any atom is 0.0783 e. The summed E-state index contributed by atoms with van der Waals surface area (Å²) in [6, 6.07) is 0. The van der Waals surface area contributed by atoms with Crippen molar-refractivity contribution in [3.63, 3.8) is 0 Å². The zero-order valence-electron chi connectivity index (χ0n) is 13.8. The topological polar surface area (TPSA) is 12.0 Å². The van der Waals surface area contributed by atoms with Crippen LogP contribution < -0.4 is 5.32 Å². The van der Waals surface area contributed by atoms with Crippen molar-refractivity contribution in [2.45, 2.75) is 44.3 Å². The van der Waals surface area contributed by atoms with E-state index < -0.39 is 0 Å². The number of thioether (sulfide) groups is 1. The number of hydrogen-bond acceptors (Lipinski definition) is 2. The zero-order valence-corrected chi connectivity index (χ0v) is 14.6. The molecule has 3 heteroatoms. The van der Waals surface area contributed by atoms with Gasteiger partial charge < -0.3 is 9.80 Å². The summed E-state index contributed by atoms with van der Waals surface area (Å²) in [6.07, 6.45) is 6.26. The lowest BCUT2D eigenvalue weighted by Crippen LogP contribution is -2.35. The second-order valence-corrected chi connectivity index (χ2v) is 8.11. The van der Waals surface area contributed by atoms with Gasteiger partial charge in [-0.25, -0.2) is 0 Å². The Hall–Kier alpha value is 0.01000. The van der Waals surface area contributed by atoms with Crippen LogP contribution in [0.15, 0.2) is 12.2 Å². The van der Waals surface area contributed by atoms with Crippen molar-refractivity contribution in [3.05, 3.63) is 12.2 Å². The molecular formula is C16H35N2S+. The smallest absolute Gasteiger partial charge is 0.0783 e. The summed E-state index contributed by atoms with van der Waals surface area (Å²) in [5, 5.41) is 3.93. The molecule has 0 aliphatic carbocycles. The number of nitrogens with one attached hydrogen (secondary N) is 1. The first-order chi connectivity index (χ1) is 8.85. The quantitative estimate of drug-likeness (QED) is 0.335. The van der Waals surface area contributed by atoms with Crippen molar-refractivity contribution in [2.24, 2.45) is 0 Å². The van der Waals surface area contributed by atoms with Crippen molar-refractivity contribution in [3.8, 4) is 0 Å². The third kappa shape index (κ3) is 14.2. The van der Waals surface area contributed by atoms with Crippen LogP contribution in [0.2, 0.25) is 0 Å². The van der Waals surface area contributed by atoms with E-state index in [1.54, 1.807) is 0 Å². The van der Waals surface area contributed by atoms with Gasteiger partial charge in [-0.3, -0.25) is 0 Å². The molecule has 0 spiro atoms. The molecule has 1 unspecified atom stereocenters. The molecule has 1 atom stereocenters. The van der Waals surface area contributed by atoms with Crippen LogP contribution in [0.4, 0.5) is 0 Å². The first-order valence-corrected chi connectivity index (χ1v) is 8.63. The summed E-state index contributed by atoms with van der Waals surface area (Å²) in [5.74, 6) is 1.29. The van der Waals surface area contributed by atoms with Crippen LogP contribution in [0.3, 0.4) is 0 Å². The molecule has 0 amide bonds. The van der Waals surface area contributed by atoms with Gasteiger partial charge in [-0.15, -0.1) is 0 Å². The van der Waals surface area contributed by atoms with Gasteiger partial charge in [0.05, 0.1) is 27.7 Å². The molecule has 19 heavy (non-hydrogen) atoms. The number of allylic oxidation sites excluding steroid dienone is 1. The molecule has 0 aromatic rings. The molecule has 0 aromatic heterocycles. The number of nitrogens with zero attached hydrogens (tertiary/aromatic N) is 1. The zero-order chi connectivity index (χ0) is 14.7. The summed E-state index contributed by atoms with van der Waals surface area (Å²) in [5.41, 5.74) is 1.43. The van der Waals surface area contributed by atoms with Crippen LogP contribution in [0.1, 0.15) is 39.0 Å². The van der Waals surface area contributed by atoms with E-state index in [1.807, 2.05) is 7.05 Å². The van der Waals surface area contributed by atoms with Crippen molar-refractivity contribution >= 4 is 11.8 Å². The monoisotopic (exact) mass is 287 g/mol. The first-order valence-electron chi connectivity index (χ1n) is 7.58. The van der Waals surface area contributed by atoms with Gasteiger partial charge in [0.15, 0.2) is 0 Å². The summed E-state index contributed by atoms with van der Waals surface area (Å²) >= 11 is 2.10. The van der Waals surface area contributed by atoms with Crippen molar-refractivity contribution in [1.82, 2.24) is 5.32 Å². The summed E-state index contributed by atoms with van der Waals surface area (Å²) in [6.45, 7) is 8.97. The van der Waals surface area contributed by atoms with E-state index in [0.29, 0.717) is 0 Å². The summed E-state index contributed by atoms with van der Waals surface area (Å²) < 4.78 is 1.06. The van der Waals surface area contributed by atoms with Crippen LogP contribution in [-0.2, 0) is 0 Å². The second kappa shape index (κ2) is 10.8. The predicted molar refractivity (Wildman–Crippen MR) is 91.0 cm³/mol. The van der Waals surface area contributed by atoms with Crippen molar-refractivity contribution in [1.29, 1.82) is 0 Å². The lowest BCUT2D eigenvalue weighted by Gasteiger charge is -2.24. The van der Waals surface area contributed by atoms with Gasteiger partial charge in [-0.2, -0.15) is 11.8 Å². The predicted octanol–water partition coefficient (Wildman–Crippen LogP) is 3.54. The maximum atomic E-state index is 4.24. The van der Waals surface area contributed by atoms with Gasteiger partial charge >= 0.3 is 0 Å². The first kappa shape index (κ1) is 19.0. The highest BCUT2D eigenvalue weighted by atomic mass is 32.2. The Kier molecular flexibility index (Phi) is 10.8. The highest BCUT2D eigenvalue weighted by molar-refractivity contribution is 7.99. The highest BCUT2D eigenvalue weighted by Crippen LogP contribution is 2.21. The highest BCUT2D eigenvalue weighted by Gasteiger charge is 2.09. The molecule has 0 aliphatic rings. The number of unbranched alkanes of at least 4 members (excludes halogenated alkanes) is 1. The third-order valence-corrected chi connectivity index (χ3v) is 4.42. The van der Waals surface area contributed by atoms with Gasteiger partial charge in [0, 0.05) is 11.7 Å². The van der Waals surface area contributed by atoms with E-state index in [0.717, 1.165) is 16.3 Å². The van der Waals surface area contributed by atoms with Crippen LogP contribution in [0.5, 0.6) is 0 Å². The molecule has 114 valence electrons. The molecule has 0 bridgehead atoms. The SMILES string of the molecule is C=C(CCC[N+](C)(C)C)CC(C)SCCCCNC. The average Bonchev–Trinajstić information content (AvgIpc) is 2.26. The largest absolute Gasteiger partial charge is 0.331 e. The fourth-order valence-electron chi connectivity index (χ4n) is 2.06. The Morgan fingerprint density at radius 1 is 1.21 bits per heavy atom. The molecule has 0 fully saturated rings. The van der Waals surface area contributed by atoms with Gasteiger partial charge in [0.25, 0.3) is 0 Å². The number of hydrogen-bond donors (Lipinski definition) is 1. The summed E-state index contributed by atoms with van der Waals surface area (Å²) in [4.78, 5) is 0. The molecular weight excluding hydrogens is 252 g/mol. The van der Waals surface area contributed by atoms with E-state index in [4.69, 9.17) is 0 Å². The van der Waals surface area contributed by atoms with E-state index in [2.05, 4.69) is 51.7 Å². The lowest BCUT2D eigenvalue weighted by atomic mass is 10.1. The molecule has 2 nitrogen and oxygen atoms in total. The van der Waals surface area contributed by atoms with Gasteiger partial charge in [0.2, 0.25) is 0 Å². The Morgan fingerprint density at radius 2 is 1.89 bits per heavy atom. The van der Waals surface area contributed by atoms with E-state index >= 15 is 0 Å². The molecule has 0 radical (unpaired) electrons. The van der Waals surface area contributed by atoms with Crippen LogP contribution >= 0.6 is 11.8 Å². The Morgan fingerprint density at radius 3 is 2.47 bits per heavy atom. The second-order valence-electron chi connectivity index (χ2n) is 6.56. The molecule has 0 aromatic carbocycles. The molecule has 0 rings (SSSR count). The third-order valence-electron chi connectivity index (χ3n) is 3.16. The summed E-state index contributed by atoms with van der Waals surface area (Å²) in [7, 11) is 8.79. The average molecular weight is 288 g/mol. The number of rotatable bonds is 12. The standard InChI is InChI=1S/C16H35N2S/c1-15(10-9-12-18(4,5)6)14-16(2)19-13-8-7-11-17-3/h16-17H,1,7-14H2,2-6H3/q+1. The minimum absolute atomic E-state index is 0.728. The maximum absolute atomic E-state index is 4.24. The van der Waals surface area contributed by atoms with E-state index in [-0.39, 0.29) is 0 Å². The molecule has 0 heterocycles. The minimum atomic E-state index is 0.728. The minimum Gasteiger partial charge on any atom is -0.331 e. The molecule has 0 saturated heterocycles. The molecule has 0 aliphatic heterocycles. The van der Waals surface area contributed by atoms with E-state index in [9.17, 15) is 0 Å². The van der Waals surface area contributed by atoms with Gasteiger partial charge in [-0.1, -0.05) is 19.1 Å². The van der Waals surface area contributed by atoms with E-state index in [1.165, 1.54) is 50.0 Å². The van der Waals surface area contributed by atoms with Crippen LogP contribution in [0, 0.1) is 0 Å². The van der Waals surface area contributed by atoms with Crippen molar-refractivity contribution in [2.75, 3.05) is 47.0 Å². The Bertz CT molecular complexity index is 233. The molecule has 0 saturated carbocycles. The molecule has 1 N–H and O–H groups in total. The van der Waals surface area contributed by atoms with Crippen LogP contribution in [0.25, 0.3) is 0 Å². The Labute approximate surface area is 125 Å². The fourth-order valence-corrected chi connectivity index (χ4v) is 3.19. The lowest BCUT2D eigenvalue weighted by molar-refractivity contribution is -0.870. The van der Waals surface area contributed by atoms with Gasteiger partial charge in [-0.05, 0) is 45.0 Å². The van der Waals surface area contributed by atoms with Gasteiger partial charge in [0.1, 0.15) is 0 Å². The normalized spacial score (nSPS) is 13.5. The Balaban J connectivity index is 3.53. The van der Waals surface area contributed by atoms with Crippen molar-refractivity contribution < 1.29 is 4.48 Å². The number of quaternary nitrogens is 1.